The largest absolute Gasteiger partial charge is 0.351 e. The normalized spacial score (nSPS) is 22.0. The zero-order valence-corrected chi connectivity index (χ0v) is 14.6. The van der Waals surface area contributed by atoms with Crippen LogP contribution < -0.4 is 4.90 Å². The molecule has 0 saturated carbocycles. The van der Waals surface area contributed by atoms with Gasteiger partial charge in [-0.3, -0.25) is 14.5 Å². The molecule has 9 nitrogen and oxygen atoms in total. The van der Waals surface area contributed by atoms with Gasteiger partial charge in [0, 0.05) is 38.6 Å². The first-order chi connectivity index (χ1) is 13.1. The summed E-state index contributed by atoms with van der Waals surface area (Å²) in [6, 6.07) is 1.07. The van der Waals surface area contributed by atoms with Gasteiger partial charge in [-0.25, -0.2) is 14.8 Å². The summed E-state index contributed by atoms with van der Waals surface area (Å²) < 4.78 is 0. The molecule has 3 heterocycles. The molecule has 138 valence electrons. The van der Waals surface area contributed by atoms with Gasteiger partial charge in [0.15, 0.2) is 0 Å². The van der Waals surface area contributed by atoms with Crippen LogP contribution in [0.25, 0.3) is 0 Å². The first-order valence-electron chi connectivity index (χ1n) is 8.72. The van der Waals surface area contributed by atoms with Gasteiger partial charge in [0.05, 0.1) is 11.6 Å². The molecule has 1 atom stereocenters. The van der Waals surface area contributed by atoms with Crippen molar-refractivity contribution in [1.29, 1.82) is 0 Å². The van der Waals surface area contributed by atoms with Crippen LogP contribution in [0.15, 0.2) is 47.8 Å². The highest BCUT2D eigenvalue weighted by Gasteiger charge is 2.37. The number of urea groups is 1. The van der Waals surface area contributed by atoms with Gasteiger partial charge in [-0.1, -0.05) is 18.2 Å². The lowest BCUT2D eigenvalue weighted by molar-refractivity contribution is -0.138. The number of hydrogen-bond acceptors (Lipinski definition) is 6. The van der Waals surface area contributed by atoms with E-state index in [0.29, 0.717) is 37.8 Å². The first-order valence-corrected chi connectivity index (χ1v) is 8.72. The van der Waals surface area contributed by atoms with E-state index in [-0.39, 0.29) is 12.5 Å². The lowest BCUT2D eigenvalue weighted by atomic mass is 9.95. The number of carbonyl (C=O) groups excluding carboxylic acids is 3. The second-order valence-corrected chi connectivity index (χ2v) is 6.38. The third-order valence-corrected chi connectivity index (χ3v) is 4.75. The second-order valence-electron chi connectivity index (χ2n) is 6.38. The van der Waals surface area contributed by atoms with E-state index in [9.17, 15) is 14.4 Å². The van der Waals surface area contributed by atoms with Crippen molar-refractivity contribution in [3.8, 4) is 0 Å². The highest BCUT2D eigenvalue weighted by atomic mass is 16.2. The molecule has 4 rings (SSSR count). The first kappa shape index (κ1) is 17.1. The number of nitrogens with zero attached hydrogens (tertiary/aromatic N) is 6. The minimum absolute atomic E-state index is 0.265. The van der Waals surface area contributed by atoms with E-state index < -0.39 is 17.9 Å². The third-order valence-electron chi connectivity index (χ3n) is 4.75. The molecule has 0 bridgehead atoms. The highest BCUT2D eigenvalue weighted by Crippen LogP contribution is 2.20. The van der Waals surface area contributed by atoms with Crippen LogP contribution >= 0.6 is 0 Å². The van der Waals surface area contributed by atoms with Crippen LogP contribution in [0, 0.1) is 5.92 Å². The molecular formula is C18H18N6O3. The van der Waals surface area contributed by atoms with Crippen molar-refractivity contribution in [2.24, 2.45) is 10.9 Å². The maximum absolute atomic E-state index is 12.6. The number of carbonyl (C=O) groups is 3. The highest BCUT2D eigenvalue weighted by molar-refractivity contribution is 6.22. The fourth-order valence-electron chi connectivity index (χ4n) is 3.27. The second kappa shape index (κ2) is 7.10. The van der Waals surface area contributed by atoms with Crippen molar-refractivity contribution in [2.75, 3.05) is 37.6 Å². The number of hydrogen-bond donors (Lipinski definition) is 0. The Balaban J connectivity index is 1.38. The molecule has 1 aromatic rings. The SMILES string of the molecule is O=C(CN1C(=O)N=C2C=CC=CC2C1=O)N1CCN(c2ncccn2)CC1. The van der Waals surface area contributed by atoms with Gasteiger partial charge in [-0.2, -0.15) is 4.99 Å². The Morgan fingerprint density at radius 3 is 2.56 bits per heavy atom. The number of allylic oxidation sites excluding steroid dienone is 3. The zero-order valence-electron chi connectivity index (χ0n) is 14.6. The van der Waals surface area contributed by atoms with Crippen molar-refractivity contribution in [1.82, 2.24) is 19.8 Å². The summed E-state index contributed by atoms with van der Waals surface area (Å²) in [6.45, 7) is 1.86. The van der Waals surface area contributed by atoms with E-state index in [4.69, 9.17) is 0 Å². The molecule has 4 amide bonds. The molecule has 0 spiro atoms. The molecule has 1 fully saturated rings. The minimum Gasteiger partial charge on any atom is -0.338 e. The molecule has 2 aliphatic heterocycles. The predicted molar refractivity (Wildman–Crippen MR) is 97.1 cm³/mol. The average molecular weight is 366 g/mol. The number of rotatable bonds is 3. The fraction of sp³-hybridized carbons (Fsp3) is 0.333. The van der Waals surface area contributed by atoms with Crippen molar-refractivity contribution in [3.05, 3.63) is 42.8 Å². The lowest BCUT2D eigenvalue weighted by Crippen LogP contribution is -2.54. The average Bonchev–Trinajstić information content (AvgIpc) is 2.72. The molecule has 27 heavy (non-hydrogen) atoms. The van der Waals surface area contributed by atoms with Gasteiger partial charge < -0.3 is 9.80 Å². The van der Waals surface area contributed by atoms with Crippen LogP contribution in [0.1, 0.15) is 0 Å². The zero-order chi connectivity index (χ0) is 18.8. The van der Waals surface area contributed by atoms with Crippen LogP contribution in [0.3, 0.4) is 0 Å². The Morgan fingerprint density at radius 2 is 1.81 bits per heavy atom. The van der Waals surface area contributed by atoms with E-state index in [0.717, 1.165) is 4.90 Å². The molecule has 1 aromatic heterocycles. The number of fused-ring (bicyclic) bond motifs is 1. The summed E-state index contributed by atoms with van der Waals surface area (Å²) in [6.07, 6.45) is 10.2. The monoisotopic (exact) mass is 366 g/mol. The van der Waals surface area contributed by atoms with Gasteiger partial charge in [-0.15, -0.1) is 0 Å². The molecular weight excluding hydrogens is 348 g/mol. The van der Waals surface area contributed by atoms with Gasteiger partial charge in [0.25, 0.3) is 0 Å². The van der Waals surface area contributed by atoms with Crippen molar-refractivity contribution in [3.63, 3.8) is 0 Å². The maximum atomic E-state index is 12.6. The number of aliphatic imine (C=N–C) groups is 1. The Bertz CT molecular complexity index is 855. The number of anilines is 1. The molecule has 0 radical (unpaired) electrons. The molecule has 1 saturated heterocycles. The van der Waals surface area contributed by atoms with Crippen LogP contribution in [0.4, 0.5) is 10.7 Å². The maximum Gasteiger partial charge on any atom is 0.351 e. The Kier molecular flexibility index (Phi) is 4.49. The fourth-order valence-corrected chi connectivity index (χ4v) is 3.27. The van der Waals surface area contributed by atoms with E-state index >= 15 is 0 Å². The van der Waals surface area contributed by atoms with E-state index in [1.165, 1.54) is 0 Å². The van der Waals surface area contributed by atoms with E-state index in [2.05, 4.69) is 15.0 Å². The summed E-state index contributed by atoms with van der Waals surface area (Å²) in [5, 5.41) is 0. The van der Waals surface area contributed by atoms with Gasteiger partial charge in [0.2, 0.25) is 17.8 Å². The molecule has 0 N–H and O–H groups in total. The summed E-state index contributed by atoms with van der Waals surface area (Å²) in [5.41, 5.74) is 0.424. The predicted octanol–water partition coefficient (Wildman–Crippen LogP) is 0.271. The summed E-state index contributed by atoms with van der Waals surface area (Å²) in [4.78, 5) is 54.3. The van der Waals surface area contributed by atoms with E-state index in [1.807, 2.05) is 4.90 Å². The summed E-state index contributed by atoms with van der Waals surface area (Å²) >= 11 is 0. The lowest BCUT2D eigenvalue weighted by Gasteiger charge is -2.36. The minimum atomic E-state index is -0.684. The third kappa shape index (κ3) is 3.35. The number of aromatic nitrogens is 2. The molecule has 1 aliphatic carbocycles. The Labute approximate surface area is 155 Å². The van der Waals surface area contributed by atoms with Gasteiger partial charge >= 0.3 is 6.03 Å². The van der Waals surface area contributed by atoms with Crippen LogP contribution in [-0.4, -0.2) is 76.0 Å². The molecule has 0 aromatic carbocycles. The summed E-state index contributed by atoms with van der Waals surface area (Å²) in [7, 11) is 0. The van der Waals surface area contributed by atoms with Gasteiger partial charge in [0.1, 0.15) is 6.54 Å². The molecule has 3 aliphatic rings. The number of amides is 4. The van der Waals surface area contributed by atoms with Crippen molar-refractivity contribution >= 4 is 29.5 Å². The molecule has 1 unspecified atom stereocenters. The van der Waals surface area contributed by atoms with E-state index in [1.54, 1.807) is 47.7 Å². The van der Waals surface area contributed by atoms with Crippen molar-refractivity contribution in [2.45, 2.75) is 0 Å². The van der Waals surface area contributed by atoms with Crippen LogP contribution in [0.5, 0.6) is 0 Å². The van der Waals surface area contributed by atoms with Crippen LogP contribution in [-0.2, 0) is 9.59 Å². The van der Waals surface area contributed by atoms with Gasteiger partial charge in [-0.05, 0) is 12.1 Å². The number of imide groups is 1. The Morgan fingerprint density at radius 1 is 1.07 bits per heavy atom. The quantitative estimate of drug-likeness (QED) is 0.761. The topological polar surface area (TPSA) is 99.1 Å². The molecule has 9 heteroatoms. The van der Waals surface area contributed by atoms with Crippen LogP contribution in [0.2, 0.25) is 0 Å². The summed E-state index contributed by atoms with van der Waals surface area (Å²) in [5.74, 6) is -0.632. The number of piperazine rings is 1. The Hall–Kier alpha value is -3.36. The van der Waals surface area contributed by atoms with Crippen molar-refractivity contribution < 1.29 is 14.4 Å². The smallest absolute Gasteiger partial charge is 0.338 e. The standard InChI is InChI=1S/C18H18N6O3/c25-15(22-8-10-23(11-9-22)17-19-6-3-7-20-17)12-24-16(26)13-4-1-2-5-14(13)21-18(24)27/h1-7,13H,8-12H2.